The molecule has 1 aliphatic heterocycles. The van der Waals surface area contributed by atoms with E-state index in [0.29, 0.717) is 11.7 Å². The Morgan fingerprint density at radius 3 is 2.52 bits per heavy atom. The van der Waals surface area contributed by atoms with Crippen molar-refractivity contribution < 1.29 is 33.5 Å². The molecule has 0 spiro atoms. The summed E-state index contributed by atoms with van der Waals surface area (Å²) in [5.41, 5.74) is -0.686. The van der Waals surface area contributed by atoms with Gasteiger partial charge in [0.15, 0.2) is 0 Å². The topological polar surface area (TPSA) is 111 Å². The van der Waals surface area contributed by atoms with Crippen molar-refractivity contribution in [1.29, 1.82) is 0 Å². The minimum Gasteiger partial charge on any atom is -0.493 e. The van der Waals surface area contributed by atoms with Crippen molar-refractivity contribution in [1.82, 2.24) is 10.4 Å². The van der Waals surface area contributed by atoms with Crippen molar-refractivity contribution in [2.75, 3.05) is 6.61 Å². The summed E-state index contributed by atoms with van der Waals surface area (Å²) in [7, 11) is 0. The van der Waals surface area contributed by atoms with Crippen LogP contribution in [0.25, 0.3) is 0 Å². The molecule has 0 bridgehead atoms. The smallest absolute Gasteiger partial charge is 0.408 e. The van der Waals surface area contributed by atoms with Gasteiger partial charge in [-0.3, -0.25) is 9.59 Å². The number of alkyl carbamates (subject to hydrolysis) is 1. The van der Waals surface area contributed by atoms with Crippen LogP contribution in [0.5, 0.6) is 5.75 Å². The van der Waals surface area contributed by atoms with Crippen LogP contribution >= 0.6 is 0 Å². The van der Waals surface area contributed by atoms with Crippen LogP contribution in [0.4, 0.5) is 4.79 Å². The Balaban J connectivity index is 2.05. The predicted molar refractivity (Wildman–Crippen MR) is 92.7 cm³/mol. The summed E-state index contributed by atoms with van der Waals surface area (Å²) < 4.78 is 10.4. The number of hydrogen-bond acceptors (Lipinski definition) is 7. The van der Waals surface area contributed by atoms with Crippen molar-refractivity contribution >= 4 is 23.9 Å². The lowest BCUT2D eigenvalue weighted by molar-refractivity contribution is -0.173. The molecule has 0 radical (unpaired) electrons. The molecule has 1 heterocycles. The molecule has 146 valence electrons. The second-order valence-electron chi connectivity index (χ2n) is 6.74. The van der Waals surface area contributed by atoms with Gasteiger partial charge in [-0.15, -0.1) is 5.06 Å². The average molecular weight is 378 g/mol. The number of nitrogens with zero attached hydrogens (tertiary/aromatic N) is 1. The van der Waals surface area contributed by atoms with Gasteiger partial charge in [0.2, 0.25) is 0 Å². The van der Waals surface area contributed by atoms with Gasteiger partial charge in [-0.2, -0.15) is 0 Å². The zero-order valence-corrected chi connectivity index (χ0v) is 15.6. The third-order valence-corrected chi connectivity index (χ3v) is 3.38. The van der Waals surface area contributed by atoms with E-state index in [-0.39, 0.29) is 17.7 Å². The first kappa shape index (κ1) is 20.2. The number of imide groups is 1. The Hall–Kier alpha value is -3.10. The van der Waals surface area contributed by atoms with Gasteiger partial charge in [0.25, 0.3) is 11.8 Å². The largest absolute Gasteiger partial charge is 0.493 e. The van der Waals surface area contributed by atoms with Gasteiger partial charge >= 0.3 is 12.1 Å². The van der Waals surface area contributed by atoms with Crippen molar-refractivity contribution in [3.8, 4) is 5.75 Å². The summed E-state index contributed by atoms with van der Waals surface area (Å²) in [5, 5.41) is 2.66. The van der Waals surface area contributed by atoms with E-state index in [1.54, 1.807) is 45.9 Å². The normalized spacial score (nSPS) is 16.9. The first-order valence-electron chi connectivity index (χ1n) is 8.43. The minimum atomic E-state index is -1.16. The van der Waals surface area contributed by atoms with Crippen LogP contribution in [-0.2, 0) is 19.2 Å². The molecule has 0 saturated carbocycles. The second kappa shape index (κ2) is 8.07. The van der Waals surface area contributed by atoms with Gasteiger partial charge in [-0.1, -0.05) is 12.1 Å². The quantitative estimate of drug-likeness (QED) is 0.778. The van der Waals surface area contributed by atoms with Crippen LogP contribution in [0.3, 0.4) is 0 Å². The Kier molecular flexibility index (Phi) is 6.04. The molecule has 0 aromatic heterocycles. The molecule has 9 heteroatoms. The summed E-state index contributed by atoms with van der Waals surface area (Å²) in [4.78, 5) is 53.4. The number of rotatable bonds is 5. The number of nitrogens with one attached hydrogen (secondary N) is 1. The molecule has 0 aliphatic carbocycles. The zero-order chi connectivity index (χ0) is 20.2. The van der Waals surface area contributed by atoms with Crippen LogP contribution in [0, 0.1) is 0 Å². The van der Waals surface area contributed by atoms with Gasteiger partial charge in [0, 0.05) is 0 Å². The number of hydrogen-bond donors (Lipinski definition) is 1. The van der Waals surface area contributed by atoms with Crippen LogP contribution in [0.2, 0.25) is 0 Å². The van der Waals surface area contributed by atoms with Gasteiger partial charge in [-0.25, -0.2) is 9.59 Å². The zero-order valence-electron chi connectivity index (χ0n) is 15.6. The monoisotopic (exact) mass is 378 g/mol. The van der Waals surface area contributed by atoms with Crippen molar-refractivity contribution in [2.24, 2.45) is 0 Å². The second-order valence-corrected chi connectivity index (χ2v) is 6.74. The van der Waals surface area contributed by atoms with Crippen LogP contribution in [-0.4, -0.2) is 47.2 Å². The molecule has 1 saturated heterocycles. The van der Waals surface area contributed by atoms with Crippen molar-refractivity contribution in [3.05, 3.63) is 29.8 Å². The summed E-state index contributed by atoms with van der Waals surface area (Å²) in [6.07, 6.45) is -1.18. The summed E-state index contributed by atoms with van der Waals surface area (Å²) >= 11 is 0. The van der Waals surface area contributed by atoms with Crippen molar-refractivity contribution in [3.63, 3.8) is 0 Å². The molecule has 3 amide bonds. The number of amides is 3. The van der Waals surface area contributed by atoms with Gasteiger partial charge in [0.1, 0.15) is 23.0 Å². The fourth-order valence-corrected chi connectivity index (χ4v) is 2.32. The first-order valence-corrected chi connectivity index (χ1v) is 8.43. The Bertz CT molecular complexity index is 754. The summed E-state index contributed by atoms with van der Waals surface area (Å²) in [6, 6.07) is 5.13. The standard InChI is InChI=1S/C18H22N2O7/c1-5-25-13-9-7-6-8-11(13)16(23)27-20-14(21)10-12(15(20)22)19-17(24)26-18(2,3)4/h6-9,12H,5,10H2,1-4H3,(H,19,24). The maximum atomic E-state index is 12.3. The third kappa shape index (κ3) is 5.19. The highest BCUT2D eigenvalue weighted by atomic mass is 16.7. The van der Waals surface area contributed by atoms with Crippen LogP contribution in [0.1, 0.15) is 44.5 Å². The van der Waals surface area contributed by atoms with E-state index in [4.69, 9.17) is 14.3 Å². The number of hydroxylamine groups is 2. The highest BCUT2D eigenvalue weighted by Gasteiger charge is 2.43. The van der Waals surface area contributed by atoms with Crippen LogP contribution in [0.15, 0.2) is 24.3 Å². The molecule has 1 fully saturated rings. The molecular weight excluding hydrogens is 356 g/mol. The number of carbonyl (C=O) groups is 4. The molecule has 1 atom stereocenters. The fraction of sp³-hybridized carbons (Fsp3) is 0.444. The molecule has 1 aromatic rings. The van der Waals surface area contributed by atoms with E-state index in [1.807, 2.05) is 0 Å². The SMILES string of the molecule is CCOc1ccccc1C(=O)ON1C(=O)CC(NC(=O)OC(C)(C)C)C1=O. The summed E-state index contributed by atoms with van der Waals surface area (Å²) in [6.45, 7) is 7.07. The lowest BCUT2D eigenvalue weighted by Crippen LogP contribution is -2.44. The lowest BCUT2D eigenvalue weighted by atomic mass is 10.2. The van der Waals surface area contributed by atoms with Crippen molar-refractivity contribution in [2.45, 2.75) is 45.8 Å². The molecule has 1 aliphatic rings. The Morgan fingerprint density at radius 2 is 1.89 bits per heavy atom. The maximum Gasteiger partial charge on any atom is 0.408 e. The molecule has 9 nitrogen and oxygen atoms in total. The molecule has 1 aromatic carbocycles. The summed E-state index contributed by atoms with van der Waals surface area (Å²) in [5.74, 6) is -2.25. The molecule has 1 unspecified atom stereocenters. The van der Waals surface area contributed by atoms with E-state index in [1.165, 1.54) is 6.07 Å². The lowest BCUT2D eigenvalue weighted by Gasteiger charge is -2.21. The van der Waals surface area contributed by atoms with Gasteiger partial charge < -0.3 is 19.6 Å². The van der Waals surface area contributed by atoms with E-state index in [2.05, 4.69) is 5.32 Å². The van der Waals surface area contributed by atoms with E-state index in [9.17, 15) is 19.2 Å². The molecule has 2 rings (SSSR count). The maximum absolute atomic E-state index is 12.3. The predicted octanol–water partition coefficient (Wildman–Crippen LogP) is 1.81. The van der Waals surface area contributed by atoms with E-state index >= 15 is 0 Å². The minimum absolute atomic E-state index is 0.0727. The average Bonchev–Trinajstić information content (AvgIpc) is 2.81. The number of para-hydroxylation sites is 1. The van der Waals surface area contributed by atoms with E-state index in [0.717, 1.165) is 0 Å². The van der Waals surface area contributed by atoms with E-state index < -0.39 is 35.5 Å². The fourth-order valence-electron chi connectivity index (χ4n) is 2.32. The van der Waals surface area contributed by atoms with Gasteiger partial charge in [-0.05, 0) is 39.8 Å². The van der Waals surface area contributed by atoms with Crippen LogP contribution < -0.4 is 10.1 Å². The van der Waals surface area contributed by atoms with Gasteiger partial charge in [0.05, 0.1) is 13.0 Å². The molecule has 27 heavy (non-hydrogen) atoms. The number of ether oxygens (including phenoxy) is 2. The number of carbonyl (C=O) groups excluding carboxylic acids is 4. The Labute approximate surface area is 156 Å². The first-order chi connectivity index (χ1) is 12.6. The number of benzene rings is 1. The third-order valence-electron chi connectivity index (χ3n) is 3.38. The highest BCUT2D eigenvalue weighted by molar-refractivity contribution is 6.07. The molecule has 1 N–H and O–H groups in total. The Morgan fingerprint density at radius 1 is 1.22 bits per heavy atom. The molecular formula is C18H22N2O7. The highest BCUT2D eigenvalue weighted by Crippen LogP contribution is 2.22.